The molecule has 2 heterocycles. The van der Waals surface area contributed by atoms with Gasteiger partial charge in [-0.25, -0.2) is 0 Å². The number of Topliss-reactive ketones (excluding diaryl/α,β-unsaturated/α-hetero) is 2. The summed E-state index contributed by atoms with van der Waals surface area (Å²) in [7, 11) is 0. The second-order valence-electron chi connectivity index (χ2n) is 8.99. The molecule has 6 atom stereocenters. The van der Waals surface area contributed by atoms with Crippen LogP contribution in [0.1, 0.15) is 47.5 Å². The number of esters is 1. The van der Waals surface area contributed by atoms with E-state index in [1.807, 2.05) is 13.0 Å². The van der Waals surface area contributed by atoms with Crippen molar-refractivity contribution >= 4 is 23.4 Å². The first kappa shape index (κ1) is 26.4. The summed E-state index contributed by atoms with van der Waals surface area (Å²) in [5.41, 5.74) is -0.371. The zero-order valence-corrected chi connectivity index (χ0v) is 19.7. The number of ketones is 2. The Balaban J connectivity index is 2.57. The van der Waals surface area contributed by atoms with E-state index in [1.54, 1.807) is 38.2 Å². The Morgan fingerprint density at radius 1 is 1.09 bits per heavy atom. The van der Waals surface area contributed by atoms with Gasteiger partial charge < -0.3 is 20.3 Å². The van der Waals surface area contributed by atoms with Crippen molar-refractivity contribution in [2.75, 3.05) is 0 Å². The number of allylic oxidation sites excluding steroid dienone is 4. The van der Waals surface area contributed by atoms with Crippen LogP contribution in [0, 0.1) is 11.3 Å². The average molecular weight is 460 g/mol. The van der Waals surface area contributed by atoms with E-state index in [9.17, 15) is 29.4 Å². The lowest BCUT2D eigenvalue weighted by molar-refractivity contribution is -0.181. The minimum absolute atomic E-state index is 0.0298. The Morgan fingerprint density at radius 3 is 2.33 bits per heavy atom. The van der Waals surface area contributed by atoms with Crippen molar-refractivity contribution in [3.8, 4) is 0 Å². The number of ether oxygens (including phenoxy) is 1. The molecule has 0 saturated carbocycles. The molecule has 3 rings (SSSR count). The molecule has 0 spiro atoms. The predicted octanol–water partition coefficient (Wildman–Crippen LogP) is 1.72. The Hall–Kier alpha value is -2.84. The van der Waals surface area contributed by atoms with Crippen LogP contribution < -0.4 is 5.32 Å². The van der Waals surface area contributed by atoms with Crippen LogP contribution in [0.5, 0.6) is 0 Å². The smallest absolute Gasteiger partial charge is 0.322 e. The van der Waals surface area contributed by atoms with Gasteiger partial charge in [-0.3, -0.25) is 19.2 Å². The summed E-state index contributed by atoms with van der Waals surface area (Å²) < 4.78 is 5.59. The number of hydrogen-bond donors (Lipinski definition) is 3. The summed E-state index contributed by atoms with van der Waals surface area (Å²) in [6.07, 6.45) is 7.54. The molecule has 0 aromatic rings. The third kappa shape index (κ3) is 6.36. The monoisotopic (exact) mass is 459 g/mol. The molecule has 2 aliphatic heterocycles. The molecule has 8 nitrogen and oxygen atoms in total. The number of amides is 1. The highest BCUT2D eigenvalue weighted by atomic mass is 16.5. The number of rotatable bonds is 2. The summed E-state index contributed by atoms with van der Waals surface area (Å²) in [4.78, 5) is 50.3. The fourth-order valence-electron chi connectivity index (χ4n) is 3.85. The van der Waals surface area contributed by atoms with Crippen LogP contribution in [0.3, 0.4) is 0 Å². The second-order valence-corrected chi connectivity index (χ2v) is 8.99. The molecular weight excluding hydrogens is 426 g/mol. The van der Waals surface area contributed by atoms with Crippen molar-refractivity contribution < 1.29 is 34.1 Å². The van der Waals surface area contributed by atoms with Crippen molar-refractivity contribution in [1.82, 2.24) is 5.32 Å². The maximum atomic E-state index is 13.4. The topological polar surface area (TPSA) is 130 Å². The van der Waals surface area contributed by atoms with E-state index in [4.69, 9.17) is 4.74 Å². The highest BCUT2D eigenvalue weighted by Crippen LogP contribution is 2.38. The summed E-state index contributed by atoms with van der Waals surface area (Å²) in [5.74, 6) is -3.74. The minimum Gasteiger partial charge on any atom is -0.461 e. The van der Waals surface area contributed by atoms with Crippen molar-refractivity contribution in [3.63, 3.8) is 0 Å². The molecule has 1 saturated heterocycles. The van der Waals surface area contributed by atoms with Gasteiger partial charge in [-0.2, -0.15) is 0 Å². The maximum absolute atomic E-state index is 13.4. The van der Waals surface area contributed by atoms with Crippen LogP contribution in [0.15, 0.2) is 47.6 Å². The minimum atomic E-state index is -1.78. The number of hydrogen-bond acceptors (Lipinski definition) is 7. The lowest BCUT2D eigenvalue weighted by atomic mass is 9.69. The third-order valence-electron chi connectivity index (χ3n) is 6.14. The molecule has 3 N–H and O–H groups in total. The Bertz CT molecular complexity index is 929. The van der Waals surface area contributed by atoms with E-state index in [1.165, 1.54) is 13.0 Å². The zero-order chi connectivity index (χ0) is 24.9. The van der Waals surface area contributed by atoms with Crippen molar-refractivity contribution in [3.05, 3.63) is 47.6 Å². The second kappa shape index (κ2) is 10.9. The maximum Gasteiger partial charge on any atom is 0.322 e. The van der Waals surface area contributed by atoms with Gasteiger partial charge in [-0.1, -0.05) is 54.5 Å². The highest BCUT2D eigenvalue weighted by Gasteiger charge is 2.56. The van der Waals surface area contributed by atoms with E-state index < -0.39 is 59.1 Å². The molecule has 33 heavy (non-hydrogen) atoms. The van der Waals surface area contributed by atoms with Gasteiger partial charge in [0.2, 0.25) is 5.78 Å². The van der Waals surface area contributed by atoms with Gasteiger partial charge in [-0.15, -0.1) is 0 Å². The molecule has 1 fully saturated rings. The van der Waals surface area contributed by atoms with Crippen molar-refractivity contribution in [1.29, 1.82) is 0 Å². The predicted molar refractivity (Wildman–Crippen MR) is 122 cm³/mol. The molecule has 1 aliphatic carbocycles. The average Bonchev–Trinajstić information content (AvgIpc) is 2.75. The van der Waals surface area contributed by atoms with Gasteiger partial charge in [-0.05, 0) is 27.2 Å². The number of aliphatic hydroxyl groups excluding tert-OH is 2. The van der Waals surface area contributed by atoms with Gasteiger partial charge in [0.15, 0.2) is 5.78 Å². The van der Waals surface area contributed by atoms with E-state index in [2.05, 4.69) is 5.32 Å². The first-order valence-electron chi connectivity index (χ1n) is 11.0. The number of aliphatic hydroxyl groups is 2. The Labute approximate surface area is 194 Å². The molecule has 0 radical (unpaired) electrons. The van der Waals surface area contributed by atoms with Crippen LogP contribution in [-0.2, 0) is 23.9 Å². The van der Waals surface area contributed by atoms with Gasteiger partial charge in [0.05, 0.1) is 24.2 Å². The summed E-state index contributed by atoms with van der Waals surface area (Å²) in [6, 6.07) is -1.15. The largest absolute Gasteiger partial charge is 0.461 e. The van der Waals surface area contributed by atoms with Crippen LogP contribution in [-0.4, -0.2) is 58.0 Å². The SMILES string of the molecule is CC(=O)C(=O)N[C@H]1/C=C(C)\C=C/[C@@H](O)C/C=C(C)/C=C\[C@@H](O)C[C@@H]2OC(=O)[C@]1(C)C(=O)[C@@H]2C. The molecule has 2 bridgehead atoms. The molecular formula is C25H33NO7. The lowest BCUT2D eigenvalue weighted by Crippen LogP contribution is -2.61. The number of carbonyl (C=O) groups excluding carboxylic acids is 4. The fraction of sp³-hybridized carbons (Fsp3) is 0.520. The first-order chi connectivity index (χ1) is 15.4. The fourth-order valence-corrected chi connectivity index (χ4v) is 3.85. The zero-order valence-electron chi connectivity index (χ0n) is 19.7. The quantitative estimate of drug-likeness (QED) is 0.326. The number of nitrogens with one attached hydrogen (secondary N) is 1. The normalized spacial score (nSPS) is 38.7. The molecule has 1 amide bonds. The van der Waals surface area contributed by atoms with Gasteiger partial charge in [0, 0.05) is 13.3 Å². The summed E-state index contributed by atoms with van der Waals surface area (Å²) in [6.45, 7) is 7.62. The van der Waals surface area contributed by atoms with Gasteiger partial charge in [0.25, 0.3) is 5.91 Å². The standard InChI is InChI=1S/C25H33NO7/c1-14-6-9-18(28)10-8-15(2)12-21(26-23(31)17(4)27)25(5)22(30)16(3)20(33-24(25)32)13-19(29)11-7-14/h6-8,10-12,16,18-21,28-29H,9,13H2,1-5H3,(H,26,31)/b10-8-,11-7-,14-6+,15-12-/t16-,18+,19-,20+,21+,25+/m1/s1. The highest BCUT2D eigenvalue weighted by molar-refractivity contribution is 6.35. The summed E-state index contributed by atoms with van der Waals surface area (Å²) >= 11 is 0. The lowest BCUT2D eigenvalue weighted by Gasteiger charge is -2.42. The van der Waals surface area contributed by atoms with Crippen molar-refractivity contribution in [2.24, 2.45) is 11.3 Å². The van der Waals surface area contributed by atoms with Gasteiger partial charge >= 0.3 is 5.97 Å². The molecule has 3 aliphatic rings. The van der Waals surface area contributed by atoms with Crippen LogP contribution in [0.4, 0.5) is 0 Å². The third-order valence-corrected chi connectivity index (χ3v) is 6.14. The Morgan fingerprint density at radius 2 is 1.70 bits per heavy atom. The number of fused-ring (bicyclic) bond motifs is 10. The first-order valence-corrected chi connectivity index (χ1v) is 11.0. The molecule has 180 valence electrons. The van der Waals surface area contributed by atoms with Crippen molar-refractivity contribution in [2.45, 2.75) is 71.8 Å². The molecule has 8 heteroatoms. The van der Waals surface area contributed by atoms with E-state index in [0.29, 0.717) is 12.0 Å². The molecule has 0 aromatic carbocycles. The Kier molecular flexibility index (Phi) is 8.69. The number of carbonyl (C=O) groups is 4. The molecule has 0 aromatic heterocycles. The van der Waals surface area contributed by atoms with Crippen LogP contribution in [0.25, 0.3) is 0 Å². The van der Waals surface area contributed by atoms with E-state index in [0.717, 1.165) is 12.5 Å². The van der Waals surface area contributed by atoms with E-state index >= 15 is 0 Å². The van der Waals surface area contributed by atoms with Crippen LogP contribution in [0.2, 0.25) is 0 Å². The van der Waals surface area contributed by atoms with Crippen LogP contribution >= 0.6 is 0 Å². The molecule has 0 unspecified atom stereocenters. The summed E-state index contributed by atoms with van der Waals surface area (Å²) in [5, 5.41) is 23.1. The van der Waals surface area contributed by atoms with Gasteiger partial charge in [0.1, 0.15) is 11.5 Å². The van der Waals surface area contributed by atoms with E-state index in [-0.39, 0.29) is 6.42 Å².